The highest BCUT2D eigenvalue weighted by Crippen LogP contribution is 2.21. The monoisotopic (exact) mass is 410 g/mol. The molecule has 1 amide bonds. The first-order valence-electron chi connectivity index (χ1n) is 7.96. The number of amides is 1. The summed E-state index contributed by atoms with van der Waals surface area (Å²) in [5.74, 6) is -1.37. The van der Waals surface area contributed by atoms with Gasteiger partial charge in [-0.2, -0.15) is 0 Å². The second-order valence-corrected chi connectivity index (χ2v) is 7.92. The topological polar surface area (TPSA) is 102 Å². The summed E-state index contributed by atoms with van der Waals surface area (Å²) in [6.07, 6.45) is 0. The van der Waals surface area contributed by atoms with Crippen molar-refractivity contribution in [1.82, 2.24) is 10.0 Å². The third-order valence-corrected chi connectivity index (χ3v) is 5.55. The highest BCUT2D eigenvalue weighted by Gasteiger charge is 2.19. The van der Waals surface area contributed by atoms with Gasteiger partial charge in [0.1, 0.15) is 0 Å². The van der Waals surface area contributed by atoms with Crippen LogP contribution >= 0.6 is 11.6 Å². The van der Waals surface area contributed by atoms with Crippen molar-refractivity contribution in [1.29, 1.82) is 0 Å². The average Bonchev–Trinajstić information content (AvgIpc) is 2.65. The number of hydrogen-bond acceptors (Lipinski definition) is 5. The number of aryl methyl sites for hydroxylation is 1. The van der Waals surface area contributed by atoms with Gasteiger partial charge in [-0.05, 0) is 43.3 Å². The summed E-state index contributed by atoms with van der Waals surface area (Å²) in [7, 11) is -2.49. The van der Waals surface area contributed by atoms with Crippen molar-refractivity contribution in [2.75, 3.05) is 13.7 Å². The number of benzene rings is 2. The zero-order valence-electron chi connectivity index (χ0n) is 14.8. The SMILES string of the molecule is CNS(=O)(=O)c1ccc(Cl)c(C(=O)OCC(=O)NCc2ccccc2C)c1. The van der Waals surface area contributed by atoms with Crippen molar-refractivity contribution in [3.05, 3.63) is 64.2 Å². The summed E-state index contributed by atoms with van der Waals surface area (Å²) in [5, 5.41) is 2.67. The molecule has 0 saturated heterocycles. The molecule has 0 atom stereocenters. The van der Waals surface area contributed by atoms with Crippen LogP contribution in [0.3, 0.4) is 0 Å². The van der Waals surface area contributed by atoms with Gasteiger partial charge in [-0.25, -0.2) is 17.9 Å². The Bertz CT molecular complexity index is 960. The molecule has 2 aromatic carbocycles. The van der Waals surface area contributed by atoms with E-state index in [0.29, 0.717) is 6.54 Å². The Morgan fingerprint density at radius 3 is 2.52 bits per heavy atom. The normalized spacial score (nSPS) is 11.1. The largest absolute Gasteiger partial charge is 0.452 e. The number of nitrogens with one attached hydrogen (secondary N) is 2. The lowest BCUT2D eigenvalue weighted by Crippen LogP contribution is -2.28. The van der Waals surface area contributed by atoms with E-state index in [-0.39, 0.29) is 15.5 Å². The quantitative estimate of drug-likeness (QED) is 0.680. The molecular weight excluding hydrogens is 392 g/mol. The zero-order chi connectivity index (χ0) is 20.0. The van der Waals surface area contributed by atoms with E-state index in [1.54, 1.807) is 0 Å². The first-order valence-corrected chi connectivity index (χ1v) is 9.82. The second-order valence-electron chi connectivity index (χ2n) is 5.63. The molecule has 2 N–H and O–H groups in total. The third-order valence-electron chi connectivity index (χ3n) is 3.81. The molecular formula is C18H19ClN2O5S. The summed E-state index contributed by atoms with van der Waals surface area (Å²) in [4.78, 5) is 23.9. The van der Waals surface area contributed by atoms with Gasteiger partial charge in [-0.15, -0.1) is 0 Å². The van der Waals surface area contributed by atoms with Gasteiger partial charge in [0.05, 0.1) is 15.5 Å². The molecule has 7 nitrogen and oxygen atoms in total. The van der Waals surface area contributed by atoms with Gasteiger partial charge in [0.2, 0.25) is 10.0 Å². The van der Waals surface area contributed by atoms with Gasteiger partial charge in [0, 0.05) is 6.54 Å². The molecule has 0 aromatic heterocycles. The second kappa shape index (κ2) is 8.98. The molecule has 27 heavy (non-hydrogen) atoms. The molecule has 0 aliphatic rings. The van der Waals surface area contributed by atoms with Crippen molar-refractivity contribution >= 4 is 33.5 Å². The van der Waals surface area contributed by atoms with Crippen LogP contribution in [0.25, 0.3) is 0 Å². The highest BCUT2D eigenvalue weighted by molar-refractivity contribution is 7.89. The van der Waals surface area contributed by atoms with Gasteiger partial charge in [0.25, 0.3) is 5.91 Å². The molecule has 0 bridgehead atoms. The van der Waals surface area contributed by atoms with Gasteiger partial charge in [-0.3, -0.25) is 4.79 Å². The summed E-state index contributed by atoms with van der Waals surface area (Å²) >= 11 is 5.94. The Labute approximate surface area is 162 Å². The highest BCUT2D eigenvalue weighted by atomic mass is 35.5. The van der Waals surface area contributed by atoms with E-state index < -0.39 is 28.5 Å². The number of hydrogen-bond donors (Lipinski definition) is 2. The fourth-order valence-corrected chi connectivity index (χ4v) is 3.16. The number of esters is 1. The number of rotatable bonds is 7. The molecule has 0 heterocycles. The summed E-state index contributed by atoms with van der Waals surface area (Å²) < 4.78 is 30.7. The Morgan fingerprint density at radius 1 is 1.15 bits per heavy atom. The molecule has 9 heteroatoms. The molecule has 0 spiro atoms. The minimum absolute atomic E-state index is 0.0235. The van der Waals surface area contributed by atoms with Gasteiger partial charge in [-0.1, -0.05) is 35.9 Å². The van der Waals surface area contributed by atoms with Crippen LogP contribution in [-0.4, -0.2) is 33.9 Å². The van der Waals surface area contributed by atoms with Crippen LogP contribution in [0, 0.1) is 6.92 Å². The van der Waals surface area contributed by atoms with E-state index in [9.17, 15) is 18.0 Å². The van der Waals surface area contributed by atoms with Crippen LogP contribution in [0.1, 0.15) is 21.5 Å². The average molecular weight is 411 g/mol. The Morgan fingerprint density at radius 2 is 1.85 bits per heavy atom. The van der Waals surface area contributed by atoms with Crippen LogP contribution in [0.5, 0.6) is 0 Å². The summed E-state index contributed by atoms with van der Waals surface area (Å²) in [6.45, 7) is 1.72. The standard InChI is InChI=1S/C18H19ClN2O5S/c1-12-5-3-4-6-13(12)10-21-17(22)11-26-18(23)15-9-14(7-8-16(15)19)27(24,25)20-2/h3-9,20H,10-11H2,1-2H3,(H,21,22). The van der Waals surface area contributed by atoms with Crippen molar-refractivity contribution < 1.29 is 22.7 Å². The van der Waals surface area contributed by atoms with Crippen molar-refractivity contribution in [2.24, 2.45) is 0 Å². The van der Waals surface area contributed by atoms with Gasteiger partial charge < -0.3 is 10.1 Å². The molecule has 0 radical (unpaired) electrons. The fraction of sp³-hybridized carbons (Fsp3) is 0.222. The maximum absolute atomic E-state index is 12.2. The third kappa shape index (κ3) is 5.53. The van der Waals surface area contributed by atoms with E-state index in [1.165, 1.54) is 19.2 Å². The predicted octanol–water partition coefficient (Wildman–Crippen LogP) is 2.03. The van der Waals surface area contributed by atoms with Crippen molar-refractivity contribution in [3.63, 3.8) is 0 Å². The van der Waals surface area contributed by atoms with Crippen molar-refractivity contribution in [3.8, 4) is 0 Å². The lowest BCUT2D eigenvalue weighted by molar-refractivity contribution is -0.124. The van der Waals surface area contributed by atoms with Crippen LogP contribution in [0.2, 0.25) is 5.02 Å². The van der Waals surface area contributed by atoms with E-state index in [2.05, 4.69) is 10.0 Å². The zero-order valence-corrected chi connectivity index (χ0v) is 16.4. The van der Waals surface area contributed by atoms with Crippen LogP contribution in [0.4, 0.5) is 0 Å². The minimum atomic E-state index is -3.74. The van der Waals surface area contributed by atoms with E-state index >= 15 is 0 Å². The first kappa shape index (κ1) is 20.9. The molecule has 0 aliphatic carbocycles. The van der Waals surface area contributed by atoms with Crippen LogP contribution < -0.4 is 10.0 Å². The van der Waals surface area contributed by atoms with Gasteiger partial charge in [0.15, 0.2) is 6.61 Å². The number of carbonyl (C=O) groups is 2. The number of halogens is 1. The Kier molecular flexibility index (Phi) is 6.95. The maximum Gasteiger partial charge on any atom is 0.340 e. The van der Waals surface area contributed by atoms with E-state index in [0.717, 1.165) is 17.2 Å². The summed E-state index contributed by atoms with van der Waals surface area (Å²) in [6, 6.07) is 11.2. The molecule has 0 aliphatic heterocycles. The molecule has 2 rings (SSSR count). The molecule has 0 unspecified atom stereocenters. The van der Waals surface area contributed by atoms with Crippen LogP contribution in [-0.2, 0) is 26.1 Å². The van der Waals surface area contributed by atoms with Crippen LogP contribution in [0.15, 0.2) is 47.4 Å². The fourth-order valence-electron chi connectivity index (χ4n) is 2.21. The van der Waals surface area contributed by atoms with Crippen molar-refractivity contribution in [2.45, 2.75) is 18.4 Å². The molecule has 0 saturated carbocycles. The smallest absolute Gasteiger partial charge is 0.340 e. The predicted molar refractivity (Wildman–Crippen MR) is 101 cm³/mol. The number of ether oxygens (including phenoxy) is 1. The molecule has 144 valence electrons. The minimum Gasteiger partial charge on any atom is -0.452 e. The Hall–Kier alpha value is -2.42. The van der Waals surface area contributed by atoms with E-state index in [1.807, 2.05) is 31.2 Å². The number of sulfonamides is 1. The molecule has 2 aromatic rings. The number of carbonyl (C=O) groups excluding carboxylic acids is 2. The lowest BCUT2D eigenvalue weighted by Gasteiger charge is -2.10. The Balaban J connectivity index is 1.98. The molecule has 0 fully saturated rings. The van der Waals surface area contributed by atoms with Gasteiger partial charge >= 0.3 is 5.97 Å². The maximum atomic E-state index is 12.2. The first-order chi connectivity index (χ1) is 12.7. The summed E-state index contributed by atoms with van der Waals surface area (Å²) in [5.41, 5.74) is 1.84. The lowest BCUT2D eigenvalue weighted by atomic mass is 10.1. The van der Waals surface area contributed by atoms with E-state index in [4.69, 9.17) is 16.3 Å².